The number of hydrogen-bond acceptors (Lipinski definition) is 4. The molecule has 2 aliphatic heterocycles. The topological polar surface area (TPSA) is 50.6 Å². The smallest absolute Gasteiger partial charge is 0.209 e. The Morgan fingerprint density at radius 1 is 1.16 bits per heavy atom. The van der Waals surface area contributed by atoms with E-state index < -0.39 is 0 Å². The first-order valence-electron chi connectivity index (χ1n) is 7.18. The molecule has 110 valence electrons. The highest BCUT2D eigenvalue weighted by Gasteiger charge is 2.13. The van der Waals surface area contributed by atoms with E-state index in [0.717, 1.165) is 12.3 Å². The van der Waals surface area contributed by atoms with Gasteiger partial charge in [0.2, 0.25) is 6.41 Å². The van der Waals surface area contributed by atoms with Crippen LogP contribution in [0.3, 0.4) is 0 Å². The average Bonchev–Trinajstić information content (AvgIpc) is 2.85. The largest absolute Gasteiger partial charge is 0.342 e. The first-order valence-corrected chi connectivity index (χ1v) is 7.18. The van der Waals surface area contributed by atoms with Crippen molar-refractivity contribution < 1.29 is 4.79 Å². The highest BCUT2D eigenvalue weighted by molar-refractivity contribution is 5.47. The summed E-state index contributed by atoms with van der Waals surface area (Å²) in [6, 6.07) is 0. The predicted molar refractivity (Wildman–Crippen MR) is 77.4 cm³/mol. The molecule has 0 saturated carbocycles. The fourth-order valence-corrected chi connectivity index (χ4v) is 2.08. The Labute approximate surface area is 117 Å². The zero-order valence-corrected chi connectivity index (χ0v) is 12.8. The second kappa shape index (κ2) is 10.6. The van der Waals surface area contributed by atoms with Crippen LogP contribution in [0.2, 0.25) is 0 Å². The summed E-state index contributed by atoms with van der Waals surface area (Å²) in [5, 5.41) is 8.42. The number of nitrogens with zero attached hydrogens (tertiary/aromatic N) is 4. The maximum atomic E-state index is 10.2. The third-order valence-electron chi connectivity index (χ3n) is 3.23. The molecule has 0 aliphatic carbocycles. The Bertz CT molecular complexity index is 261. The van der Waals surface area contributed by atoms with Crippen LogP contribution in [-0.2, 0) is 4.79 Å². The van der Waals surface area contributed by atoms with Crippen molar-refractivity contribution in [3.8, 4) is 6.19 Å². The van der Waals surface area contributed by atoms with Gasteiger partial charge in [-0.15, -0.1) is 0 Å². The number of piperazine rings is 1. The summed E-state index contributed by atoms with van der Waals surface area (Å²) >= 11 is 0. The molecule has 1 atom stereocenters. The van der Waals surface area contributed by atoms with Crippen molar-refractivity contribution in [2.75, 3.05) is 46.3 Å². The molecule has 0 aromatic heterocycles. The van der Waals surface area contributed by atoms with Crippen molar-refractivity contribution in [3.05, 3.63) is 0 Å². The molecule has 2 heterocycles. The van der Waals surface area contributed by atoms with E-state index in [9.17, 15) is 4.79 Å². The number of hydrogen-bond donors (Lipinski definition) is 0. The lowest BCUT2D eigenvalue weighted by atomic mass is 10.2. The molecule has 0 radical (unpaired) electrons. The standard InChI is InChI=1S/C6H9N3O.C6H13N.C2H6/c7-5-8-1-3-9(6-10)4-2-8;1-6-3-4-7(2)5-6;1-2/h6H,1-4H2;6H,3-5H2,1-2H3;1-2H3. The van der Waals surface area contributed by atoms with Gasteiger partial charge in [0.15, 0.2) is 6.19 Å². The number of carbonyl (C=O) groups excluding carboxylic acids is 1. The van der Waals surface area contributed by atoms with E-state index in [1.807, 2.05) is 20.0 Å². The molecule has 2 rings (SSSR count). The van der Waals surface area contributed by atoms with E-state index in [1.54, 1.807) is 9.80 Å². The molecule has 19 heavy (non-hydrogen) atoms. The van der Waals surface area contributed by atoms with Gasteiger partial charge in [0.1, 0.15) is 0 Å². The van der Waals surface area contributed by atoms with Crippen LogP contribution >= 0.6 is 0 Å². The zero-order valence-electron chi connectivity index (χ0n) is 12.8. The van der Waals surface area contributed by atoms with E-state index in [-0.39, 0.29) is 0 Å². The summed E-state index contributed by atoms with van der Waals surface area (Å²) in [4.78, 5) is 15.9. The second-order valence-corrected chi connectivity index (χ2v) is 4.88. The molecule has 5 nitrogen and oxygen atoms in total. The molecule has 2 fully saturated rings. The van der Waals surface area contributed by atoms with Gasteiger partial charge in [-0.1, -0.05) is 20.8 Å². The van der Waals surface area contributed by atoms with Crippen LogP contribution in [0.5, 0.6) is 0 Å². The van der Waals surface area contributed by atoms with Crippen molar-refractivity contribution in [1.29, 1.82) is 5.26 Å². The van der Waals surface area contributed by atoms with E-state index in [2.05, 4.69) is 18.9 Å². The molecule has 0 N–H and O–H groups in total. The average molecular weight is 268 g/mol. The summed E-state index contributed by atoms with van der Waals surface area (Å²) in [6.45, 7) is 11.6. The van der Waals surface area contributed by atoms with E-state index in [1.165, 1.54) is 19.5 Å². The monoisotopic (exact) mass is 268 g/mol. The van der Waals surface area contributed by atoms with Gasteiger partial charge < -0.3 is 14.7 Å². The van der Waals surface area contributed by atoms with Gasteiger partial charge in [0.05, 0.1) is 0 Å². The first kappa shape index (κ1) is 17.7. The number of likely N-dealkylation sites (tertiary alicyclic amines) is 1. The lowest BCUT2D eigenvalue weighted by Crippen LogP contribution is -2.43. The zero-order chi connectivity index (χ0) is 14.7. The number of rotatable bonds is 1. The number of carbonyl (C=O) groups is 1. The Morgan fingerprint density at radius 2 is 1.74 bits per heavy atom. The van der Waals surface area contributed by atoms with Gasteiger partial charge >= 0.3 is 0 Å². The van der Waals surface area contributed by atoms with Crippen molar-refractivity contribution in [3.63, 3.8) is 0 Å². The molecule has 0 aromatic carbocycles. The lowest BCUT2D eigenvalue weighted by molar-refractivity contribution is -0.119. The minimum Gasteiger partial charge on any atom is -0.342 e. The van der Waals surface area contributed by atoms with Crippen LogP contribution < -0.4 is 0 Å². The Morgan fingerprint density at radius 3 is 2.00 bits per heavy atom. The minimum atomic E-state index is 0.676. The molecule has 0 spiro atoms. The van der Waals surface area contributed by atoms with Crippen LogP contribution in [0.25, 0.3) is 0 Å². The maximum absolute atomic E-state index is 10.2. The fourth-order valence-electron chi connectivity index (χ4n) is 2.08. The quantitative estimate of drug-likeness (QED) is 0.530. The van der Waals surface area contributed by atoms with Crippen molar-refractivity contribution in [2.24, 2.45) is 5.92 Å². The highest BCUT2D eigenvalue weighted by Crippen LogP contribution is 2.11. The van der Waals surface area contributed by atoms with Gasteiger partial charge in [-0.25, -0.2) is 0 Å². The molecular weight excluding hydrogens is 240 g/mol. The molecule has 1 amide bonds. The Balaban J connectivity index is 0.000000316. The number of nitriles is 1. The van der Waals surface area contributed by atoms with Crippen LogP contribution in [0.15, 0.2) is 0 Å². The summed E-state index contributed by atoms with van der Waals surface area (Å²) in [5.41, 5.74) is 0. The fraction of sp³-hybridized carbons (Fsp3) is 0.857. The van der Waals surface area contributed by atoms with Crippen molar-refractivity contribution in [2.45, 2.75) is 27.2 Å². The molecule has 0 aromatic rings. The van der Waals surface area contributed by atoms with Gasteiger partial charge in [0.25, 0.3) is 0 Å². The summed E-state index contributed by atoms with van der Waals surface area (Å²) < 4.78 is 0. The first-order chi connectivity index (χ1) is 9.15. The van der Waals surface area contributed by atoms with Gasteiger partial charge in [0, 0.05) is 32.7 Å². The summed E-state index contributed by atoms with van der Waals surface area (Å²) in [7, 11) is 2.18. The summed E-state index contributed by atoms with van der Waals surface area (Å²) in [6.07, 6.45) is 4.27. The van der Waals surface area contributed by atoms with Crippen LogP contribution in [0.1, 0.15) is 27.2 Å². The van der Waals surface area contributed by atoms with E-state index >= 15 is 0 Å². The van der Waals surface area contributed by atoms with Gasteiger partial charge in [-0.2, -0.15) is 5.26 Å². The molecule has 0 bridgehead atoms. The maximum Gasteiger partial charge on any atom is 0.209 e. The third-order valence-corrected chi connectivity index (χ3v) is 3.23. The van der Waals surface area contributed by atoms with Crippen LogP contribution in [0.4, 0.5) is 0 Å². The Kier molecular flexibility index (Phi) is 9.91. The minimum absolute atomic E-state index is 0.676. The molecular formula is C14H28N4O. The normalized spacial score (nSPS) is 22.6. The van der Waals surface area contributed by atoms with Gasteiger partial charge in [-0.3, -0.25) is 4.79 Å². The highest BCUT2D eigenvalue weighted by atomic mass is 16.1. The third kappa shape index (κ3) is 7.68. The lowest BCUT2D eigenvalue weighted by Gasteiger charge is -2.28. The predicted octanol–water partition coefficient (Wildman–Crippen LogP) is 1.23. The SMILES string of the molecule is CC.CC1CCN(C)C1.N#CN1CCN(C=O)CC1. The molecule has 1 unspecified atom stereocenters. The number of amides is 1. The Hall–Kier alpha value is -1.28. The van der Waals surface area contributed by atoms with Crippen molar-refractivity contribution in [1.82, 2.24) is 14.7 Å². The molecule has 5 heteroatoms. The van der Waals surface area contributed by atoms with Crippen LogP contribution in [-0.4, -0.2) is 67.4 Å². The van der Waals surface area contributed by atoms with Gasteiger partial charge in [-0.05, 0) is 25.9 Å². The van der Waals surface area contributed by atoms with E-state index in [0.29, 0.717) is 26.2 Å². The summed E-state index contributed by atoms with van der Waals surface area (Å²) in [5.74, 6) is 0.949. The molecule has 2 aliphatic rings. The van der Waals surface area contributed by atoms with Crippen LogP contribution in [0, 0.1) is 17.4 Å². The second-order valence-electron chi connectivity index (χ2n) is 4.88. The molecule has 2 saturated heterocycles. The van der Waals surface area contributed by atoms with Crippen molar-refractivity contribution >= 4 is 6.41 Å². The van der Waals surface area contributed by atoms with E-state index in [4.69, 9.17) is 5.26 Å².